The number of amides is 1. The third-order valence-electron chi connectivity index (χ3n) is 3.29. The summed E-state index contributed by atoms with van der Waals surface area (Å²) >= 11 is 0. The van der Waals surface area contributed by atoms with Crippen LogP contribution < -0.4 is 10.5 Å². The minimum atomic E-state index is -4.90. The second-order valence-electron chi connectivity index (χ2n) is 4.84. The lowest BCUT2D eigenvalue weighted by Gasteiger charge is -2.11. The number of benzene rings is 1. The summed E-state index contributed by atoms with van der Waals surface area (Å²) in [6.07, 6.45) is -4.61. The molecule has 2 rings (SSSR count). The van der Waals surface area contributed by atoms with Gasteiger partial charge in [-0.1, -0.05) is 6.92 Å². The molecule has 0 atom stereocenters. The van der Waals surface area contributed by atoms with E-state index in [2.05, 4.69) is 5.10 Å². The van der Waals surface area contributed by atoms with Crippen molar-refractivity contribution in [2.75, 3.05) is 0 Å². The van der Waals surface area contributed by atoms with Gasteiger partial charge in [0.25, 0.3) is 0 Å². The summed E-state index contributed by atoms with van der Waals surface area (Å²) in [7, 11) is 0. The molecule has 0 radical (unpaired) electrons. The van der Waals surface area contributed by atoms with E-state index in [1.54, 1.807) is 6.92 Å². The molecule has 2 N–H and O–H groups in total. The molecule has 0 unspecified atom stereocenters. The molecular formula is C14H12F5N3O2. The topological polar surface area (TPSA) is 70.1 Å². The van der Waals surface area contributed by atoms with E-state index in [-0.39, 0.29) is 24.4 Å². The standard InChI is InChI=1S/C14H12F5N3O2/c1-3-8-6(2)22(13(20)23)21-12(8)24-11-9(15)4-7(5-10(11)16)14(17,18)19/h4-5H,3H2,1-2H3,(H2,20,23). The Morgan fingerprint density at radius 1 is 1.29 bits per heavy atom. The third kappa shape index (κ3) is 3.17. The normalized spacial score (nSPS) is 11.6. The van der Waals surface area contributed by atoms with Crippen LogP contribution in [0.2, 0.25) is 0 Å². The SMILES string of the molecule is CCc1c(Oc2c(F)cc(C(F)(F)F)cc2F)nn(C(N)=O)c1C. The van der Waals surface area contributed by atoms with E-state index in [0.29, 0.717) is 11.3 Å². The van der Waals surface area contributed by atoms with Gasteiger partial charge >= 0.3 is 12.2 Å². The monoisotopic (exact) mass is 349 g/mol. The Labute approximate surface area is 132 Å². The molecule has 1 amide bonds. The van der Waals surface area contributed by atoms with E-state index in [1.807, 2.05) is 0 Å². The van der Waals surface area contributed by atoms with Crippen LogP contribution in [0, 0.1) is 18.6 Å². The number of nitrogens with zero attached hydrogens (tertiary/aromatic N) is 2. The molecule has 1 aromatic carbocycles. The highest BCUT2D eigenvalue weighted by Gasteiger charge is 2.33. The molecule has 1 aromatic heterocycles. The summed E-state index contributed by atoms with van der Waals surface area (Å²) in [4.78, 5) is 11.2. The highest BCUT2D eigenvalue weighted by Crippen LogP contribution is 2.36. The number of hydrogen-bond acceptors (Lipinski definition) is 3. The minimum absolute atomic E-state index is 0.113. The molecule has 0 saturated heterocycles. The van der Waals surface area contributed by atoms with E-state index in [4.69, 9.17) is 10.5 Å². The molecular weight excluding hydrogens is 337 g/mol. The van der Waals surface area contributed by atoms with Crippen molar-refractivity contribution in [3.8, 4) is 11.6 Å². The first-order chi connectivity index (χ1) is 11.1. The first-order valence-corrected chi connectivity index (χ1v) is 6.68. The lowest BCUT2D eigenvalue weighted by Crippen LogP contribution is -2.22. The molecule has 2 aromatic rings. The number of aromatic nitrogens is 2. The molecule has 0 saturated carbocycles. The van der Waals surface area contributed by atoms with Crippen molar-refractivity contribution < 1.29 is 31.5 Å². The van der Waals surface area contributed by atoms with Crippen LogP contribution in [0.4, 0.5) is 26.7 Å². The predicted octanol–water partition coefficient (Wildman–Crippen LogP) is 3.77. The Morgan fingerprint density at radius 3 is 2.25 bits per heavy atom. The average Bonchev–Trinajstić information content (AvgIpc) is 2.77. The van der Waals surface area contributed by atoms with Gasteiger partial charge in [-0.05, 0) is 25.5 Å². The lowest BCUT2D eigenvalue weighted by atomic mass is 10.2. The molecule has 5 nitrogen and oxygen atoms in total. The summed E-state index contributed by atoms with van der Waals surface area (Å²) in [6.45, 7) is 3.16. The van der Waals surface area contributed by atoms with Crippen molar-refractivity contribution in [3.63, 3.8) is 0 Å². The minimum Gasteiger partial charge on any atom is -0.431 e. The van der Waals surface area contributed by atoms with Gasteiger partial charge in [0, 0.05) is 5.56 Å². The van der Waals surface area contributed by atoms with Crippen LogP contribution in [0.25, 0.3) is 0 Å². The van der Waals surface area contributed by atoms with Gasteiger partial charge in [-0.3, -0.25) is 0 Å². The molecule has 10 heteroatoms. The maximum Gasteiger partial charge on any atom is 0.416 e. The Bertz CT molecular complexity index is 775. The van der Waals surface area contributed by atoms with Crippen molar-refractivity contribution >= 4 is 6.03 Å². The fourth-order valence-corrected chi connectivity index (χ4v) is 2.13. The second-order valence-corrected chi connectivity index (χ2v) is 4.84. The highest BCUT2D eigenvalue weighted by molar-refractivity contribution is 5.75. The molecule has 0 fully saturated rings. The summed E-state index contributed by atoms with van der Waals surface area (Å²) in [5, 5.41) is 3.69. The zero-order chi connectivity index (χ0) is 18.2. The van der Waals surface area contributed by atoms with Crippen LogP contribution in [0.15, 0.2) is 12.1 Å². The lowest BCUT2D eigenvalue weighted by molar-refractivity contribution is -0.138. The van der Waals surface area contributed by atoms with Gasteiger partial charge < -0.3 is 10.5 Å². The molecule has 0 spiro atoms. The Balaban J connectivity index is 2.49. The number of primary amides is 1. The van der Waals surface area contributed by atoms with Crippen molar-refractivity contribution in [1.82, 2.24) is 9.78 Å². The zero-order valence-electron chi connectivity index (χ0n) is 12.5. The van der Waals surface area contributed by atoms with Crippen LogP contribution in [-0.2, 0) is 12.6 Å². The largest absolute Gasteiger partial charge is 0.431 e. The van der Waals surface area contributed by atoms with Crippen LogP contribution in [-0.4, -0.2) is 15.8 Å². The first-order valence-electron chi connectivity index (χ1n) is 6.68. The highest BCUT2D eigenvalue weighted by atomic mass is 19.4. The maximum absolute atomic E-state index is 13.8. The van der Waals surface area contributed by atoms with E-state index < -0.39 is 35.2 Å². The van der Waals surface area contributed by atoms with Gasteiger partial charge in [0.2, 0.25) is 11.6 Å². The Morgan fingerprint density at radius 2 is 1.83 bits per heavy atom. The van der Waals surface area contributed by atoms with Gasteiger partial charge in [0.05, 0.1) is 11.3 Å². The number of carbonyl (C=O) groups excluding carboxylic acids is 1. The second kappa shape index (κ2) is 6.10. The summed E-state index contributed by atoms with van der Waals surface area (Å²) in [6, 6.07) is -0.713. The van der Waals surface area contributed by atoms with Crippen molar-refractivity contribution in [2.24, 2.45) is 5.73 Å². The number of alkyl halides is 3. The predicted molar refractivity (Wildman–Crippen MR) is 72.8 cm³/mol. The van der Waals surface area contributed by atoms with Crippen LogP contribution in [0.5, 0.6) is 11.6 Å². The summed E-state index contributed by atoms with van der Waals surface area (Å²) in [5.74, 6) is -4.45. The first kappa shape index (κ1) is 17.7. The van der Waals surface area contributed by atoms with Crippen molar-refractivity contribution in [2.45, 2.75) is 26.4 Å². The smallest absolute Gasteiger partial charge is 0.416 e. The number of hydrogen-bond donors (Lipinski definition) is 1. The molecule has 0 aliphatic heterocycles. The van der Waals surface area contributed by atoms with E-state index >= 15 is 0 Å². The van der Waals surface area contributed by atoms with Gasteiger partial charge in [-0.15, -0.1) is 5.10 Å². The summed E-state index contributed by atoms with van der Waals surface area (Å²) in [5.41, 5.74) is 4.26. The van der Waals surface area contributed by atoms with Gasteiger partial charge in [-0.2, -0.15) is 17.9 Å². The molecule has 0 aliphatic carbocycles. The number of nitrogens with two attached hydrogens (primary N) is 1. The number of ether oxygens (including phenoxy) is 1. The number of rotatable bonds is 3. The van der Waals surface area contributed by atoms with Crippen molar-refractivity contribution in [3.05, 3.63) is 40.6 Å². The zero-order valence-corrected chi connectivity index (χ0v) is 12.5. The molecule has 24 heavy (non-hydrogen) atoms. The average molecular weight is 349 g/mol. The molecule has 1 heterocycles. The Hall–Kier alpha value is -2.65. The summed E-state index contributed by atoms with van der Waals surface area (Å²) < 4.78 is 71.0. The van der Waals surface area contributed by atoms with Crippen LogP contribution in [0.1, 0.15) is 23.7 Å². The van der Waals surface area contributed by atoms with Gasteiger partial charge in [0.1, 0.15) is 0 Å². The molecule has 0 aliphatic rings. The quantitative estimate of drug-likeness (QED) is 0.858. The van der Waals surface area contributed by atoms with Gasteiger partial charge in [-0.25, -0.2) is 13.6 Å². The fraction of sp³-hybridized carbons (Fsp3) is 0.286. The number of carbonyl (C=O) groups is 1. The molecule has 0 bridgehead atoms. The third-order valence-corrected chi connectivity index (χ3v) is 3.29. The molecule has 130 valence electrons. The Kier molecular flexibility index (Phi) is 4.50. The fourth-order valence-electron chi connectivity index (χ4n) is 2.13. The van der Waals surface area contributed by atoms with Crippen molar-refractivity contribution in [1.29, 1.82) is 0 Å². The van der Waals surface area contributed by atoms with E-state index in [1.165, 1.54) is 6.92 Å². The number of halogens is 5. The van der Waals surface area contributed by atoms with E-state index in [0.717, 1.165) is 4.68 Å². The van der Waals surface area contributed by atoms with E-state index in [9.17, 15) is 26.7 Å². The van der Waals surface area contributed by atoms with Gasteiger partial charge in [0.15, 0.2) is 11.6 Å². The van der Waals surface area contributed by atoms with Crippen LogP contribution >= 0.6 is 0 Å². The van der Waals surface area contributed by atoms with Crippen LogP contribution in [0.3, 0.4) is 0 Å². The maximum atomic E-state index is 13.8.